The number of halogens is 2. The first-order valence-electron chi connectivity index (χ1n) is 8.44. The molecular formula is C20H17F2N5. The van der Waals surface area contributed by atoms with Gasteiger partial charge in [0.1, 0.15) is 11.6 Å². The quantitative estimate of drug-likeness (QED) is 0.595. The van der Waals surface area contributed by atoms with Crippen LogP contribution in [0.3, 0.4) is 0 Å². The van der Waals surface area contributed by atoms with Gasteiger partial charge in [0.15, 0.2) is 5.65 Å². The zero-order chi connectivity index (χ0) is 19.1. The first-order chi connectivity index (χ1) is 13.0. The largest absolute Gasteiger partial charge is 0.368 e. The van der Waals surface area contributed by atoms with E-state index >= 15 is 0 Å². The Hall–Kier alpha value is -3.35. The van der Waals surface area contributed by atoms with Gasteiger partial charge in [-0.1, -0.05) is 24.3 Å². The van der Waals surface area contributed by atoms with Crippen LogP contribution in [0.5, 0.6) is 0 Å². The van der Waals surface area contributed by atoms with Gasteiger partial charge in [-0.25, -0.2) is 18.4 Å². The number of hydrogen-bond acceptors (Lipinski definition) is 4. The lowest BCUT2D eigenvalue weighted by Crippen LogP contribution is -2.08. The van der Waals surface area contributed by atoms with Crippen molar-refractivity contribution < 1.29 is 8.78 Å². The summed E-state index contributed by atoms with van der Waals surface area (Å²) >= 11 is 0. The van der Waals surface area contributed by atoms with Crippen molar-refractivity contribution in [2.45, 2.75) is 20.4 Å². The van der Waals surface area contributed by atoms with E-state index in [9.17, 15) is 8.78 Å². The molecule has 0 fully saturated rings. The van der Waals surface area contributed by atoms with Gasteiger partial charge < -0.3 is 5.73 Å². The fourth-order valence-corrected chi connectivity index (χ4v) is 3.13. The highest BCUT2D eigenvalue weighted by Crippen LogP contribution is 2.30. The third-order valence-corrected chi connectivity index (χ3v) is 4.74. The number of nitrogen functional groups attached to an aromatic ring is 1. The zero-order valence-corrected chi connectivity index (χ0v) is 14.9. The van der Waals surface area contributed by atoms with Gasteiger partial charge in [0.25, 0.3) is 0 Å². The van der Waals surface area contributed by atoms with Gasteiger partial charge in [0, 0.05) is 11.1 Å². The fraction of sp³-hybridized carbons (Fsp3) is 0.150. The normalized spacial score (nSPS) is 11.3. The molecule has 0 aliphatic carbocycles. The summed E-state index contributed by atoms with van der Waals surface area (Å²) in [6, 6.07) is 9.68. The Morgan fingerprint density at radius 2 is 1.70 bits per heavy atom. The molecule has 2 N–H and O–H groups in total. The van der Waals surface area contributed by atoms with Crippen LogP contribution in [-0.4, -0.2) is 19.7 Å². The van der Waals surface area contributed by atoms with E-state index in [2.05, 4.69) is 15.1 Å². The molecule has 136 valence electrons. The zero-order valence-electron chi connectivity index (χ0n) is 14.9. The minimum absolute atomic E-state index is 0.0760. The molecule has 0 saturated heterocycles. The Bertz CT molecular complexity index is 1150. The number of hydrogen-bond donors (Lipinski definition) is 1. The maximum absolute atomic E-state index is 14.0. The van der Waals surface area contributed by atoms with E-state index in [1.165, 1.54) is 22.9 Å². The summed E-state index contributed by atoms with van der Waals surface area (Å²) in [5, 5.41) is 4.95. The van der Waals surface area contributed by atoms with Crippen molar-refractivity contribution in [1.82, 2.24) is 19.7 Å². The van der Waals surface area contributed by atoms with E-state index in [1.54, 1.807) is 6.20 Å². The maximum Gasteiger partial charge on any atom is 0.222 e. The van der Waals surface area contributed by atoms with Crippen LogP contribution in [-0.2, 0) is 6.54 Å². The molecule has 0 saturated carbocycles. The summed E-state index contributed by atoms with van der Waals surface area (Å²) in [6.45, 7) is 3.93. The van der Waals surface area contributed by atoms with Crippen LogP contribution in [0.25, 0.3) is 22.3 Å². The van der Waals surface area contributed by atoms with Crippen LogP contribution in [0.15, 0.2) is 42.6 Å². The Kier molecular flexibility index (Phi) is 4.07. The predicted molar refractivity (Wildman–Crippen MR) is 100 cm³/mol. The molecule has 2 heterocycles. The smallest absolute Gasteiger partial charge is 0.222 e. The Balaban J connectivity index is 1.89. The number of anilines is 1. The second-order valence-electron chi connectivity index (χ2n) is 6.42. The van der Waals surface area contributed by atoms with Gasteiger partial charge in [-0.2, -0.15) is 10.1 Å². The number of rotatable bonds is 3. The Morgan fingerprint density at radius 1 is 1.00 bits per heavy atom. The number of nitrogens with two attached hydrogens (primary N) is 1. The molecule has 7 heteroatoms. The minimum Gasteiger partial charge on any atom is -0.368 e. The lowest BCUT2D eigenvalue weighted by molar-refractivity contribution is 0.536. The third-order valence-electron chi connectivity index (χ3n) is 4.74. The number of aryl methyl sites for hydroxylation is 1. The molecule has 0 atom stereocenters. The fourth-order valence-electron chi connectivity index (χ4n) is 3.13. The number of aromatic nitrogens is 4. The highest BCUT2D eigenvalue weighted by Gasteiger charge is 2.17. The molecule has 0 amide bonds. The van der Waals surface area contributed by atoms with Crippen molar-refractivity contribution in [2.24, 2.45) is 0 Å². The monoisotopic (exact) mass is 365 g/mol. The molecule has 0 radical (unpaired) electrons. The summed E-state index contributed by atoms with van der Waals surface area (Å²) in [4.78, 5) is 8.65. The van der Waals surface area contributed by atoms with E-state index in [-0.39, 0.29) is 18.1 Å². The van der Waals surface area contributed by atoms with Crippen LogP contribution in [0.2, 0.25) is 0 Å². The van der Waals surface area contributed by atoms with Crippen LogP contribution in [0.4, 0.5) is 14.7 Å². The second kappa shape index (κ2) is 6.42. The van der Waals surface area contributed by atoms with E-state index in [0.717, 1.165) is 16.7 Å². The third kappa shape index (κ3) is 2.91. The van der Waals surface area contributed by atoms with Gasteiger partial charge in [-0.15, -0.1) is 0 Å². The summed E-state index contributed by atoms with van der Waals surface area (Å²) in [6.07, 6.45) is 1.60. The van der Waals surface area contributed by atoms with Crippen molar-refractivity contribution in [1.29, 1.82) is 0 Å². The van der Waals surface area contributed by atoms with E-state index in [4.69, 9.17) is 5.73 Å². The van der Waals surface area contributed by atoms with Crippen LogP contribution >= 0.6 is 0 Å². The van der Waals surface area contributed by atoms with Crippen LogP contribution < -0.4 is 5.73 Å². The van der Waals surface area contributed by atoms with Crippen molar-refractivity contribution in [3.8, 4) is 11.3 Å². The van der Waals surface area contributed by atoms with Gasteiger partial charge in [0.2, 0.25) is 5.95 Å². The number of benzene rings is 2. The van der Waals surface area contributed by atoms with Crippen molar-refractivity contribution >= 4 is 17.0 Å². The summed E-state index contributed by atoms with van der Waals surface area (Å²) < 4.78 is 29.5. The minimum atomic E-state index is -0.629. The van der Waals surface area contributed by atoms with Gasteiger partial charge >= 0.3 is 0 Å². The van der Waals surface area contributed by atoms with Gasteiger partial charge in [-0.3, -0.25) is 0 Å². The Labute approximate surface area is 154 Å². The molecule has 0 unspecified atom stereocenters. The molecule has 27 heavy (non-hydrogen) atoms. The molecule has 2 aromatic heterocycles. The highest BCUT2D eigenvalue weighted by molar-refractivity contribution is 5.92. The molecule has 0 aliphatic heterocycles. The summed E-state index contributed by atoms with van der Waals surface area (Å²) in [5.41, 5.74) is 10.0. The number of fused-ring (bicyclic) bond motifs is 1. The number of nitrogens with zero attached hydrogens (tertiary/aromatic N) is 4. The Morgan fingerprint density at radius 3 is 2.44 bits per heavy atom. The van der Waals surface area contributed by atoms with Gasteiger partial charge in [0.05, 0.1) is 23.8 Å². The first-order valence-corrected chi connectivity index (χ1v) is 8.44. The topological polar surface area (TPSA) is 69.6 Å². The summed E-state index contributed by atoms with van der Waals surface area (Å²) in [5.74, 6) is -1.18. The predicted octanol–water partition coefficient (Wildman–Crippen LogP) is 4.02. The molecule has 0 spiro atoms. The van der Waals surface area contributed by atoms with Crippen LogP contribution in [0, 0.1) is 25.5 Å². The van der Waals surface area contributed by atoms with E-state index in [1.807, 2.05) is 32.0 Å². The molecule has 5 nitrogen and oxygen atoms in total. The molecule has 0 aliphatic rings. The molecular weight excluding hydrogens is 348 g/mol. The van der Waals surface area contributed by atoms with Crippen molar-refractivity contribution in [3.05, 3.63) is 70.9 Å². The average Bonchev–Trinajstić information content (AvgIpc) is 3.03. The second-order valence-corrected chi connectivity index (χ2v) is 6.42. The lowest BCUT2D eigenvalue weighted by atomic mass is 9.99. The standard InChI is InChI=1S/C20H17F2N5/c1-11-5-3-6-13(12(11)2)18-14-9-24-27(19(14)26-20(23)25-18)10-15-16(21)7-4-8-17(15)22/h3-9H,10H2,1-2H3,(H2,23,25,26). The molecule has 2 aromatic carbocycles. The van der Waals surface area contributed by atoms with Crippen LogP contribution in [0.1, 0.15) is 16.7 Å². The lowest BCUT2D eigenvalue weighted by Gasteiger charge is -2.10. The van der Waals surface area contributed by atoms with Crippen molar-refractivity contribution in [2.75, 3.05) is 5.73 Å². The van der Waals surface area contributed by atoms with E-state index < -0.39 is 11.6 Å². The molecule has 4 aromatic rings. The van der Waals surface area contributed by atoms with E-state index in [0.29, 0.717) is 16.7 Å². The maximum atomic E-state index is 14.0. The SMILES string of the molecule is Cc1cccc(-c2nc(N)nc3c2cnn3Cc2c(F)cccc2F)c1C. The average molecular weight is 365 g/mol. The first kappa shape index (κ1) is 17.1. The van der Waals surface area contributed by atoms with Crippen molar-refractivity contribution in [3.63, 3.8) is 0 Å². The highest BCUT2D eigenvalue weighted by atomic mass is 19.1. The molecule has 4 rings (SSSR count). The molecule has 0 bridgehead atoms. The van der Waals surface area contributed by atoms with Gasteiger partial charge in [-0.05, 0) is 37.1 Å². The summed E-state index contributed by atoms with van der Waals surface area (Å²) in [7, 11) is 0.